The molecule has 0 radical (unpaired) electrons. The Morgan fingerprint density at radius 2 is 1.94 bits per heavy atom. The summed E-state index contributed by atoms with van der Waals surface area (Å²) in [6.07, 6.45) is 1.63. The number of carbonyl (C=O) groups is 1. The van der Waals surface area contributed by atoms with Crippen LogP contribution >= 0.6 is 0 Å². The lowest BCUT2D eigenvalue weighted by molar-refractivity contribution is -0.131. The predicted octanol–water partition coefficient (Wildman–Crippen LogP) is 0.525. The van der Waals surface area contributed by atoms with Crippen LogP contribution in [0.1, 0.15) is 27.2 Å². The van der Waals surface area contributed by atoms with Gasteiger partial charge in [-0.15, -0.1) is 0 Å². The second kappa shape index (κ2) is 4.57. The van der Waals surface area contributed by atoms with Crippen molar-refractivity contribution in [3.05, 3.63) is 0 Å². The minimum Gasteiger partial charge on any atom is -0.338 e. The fourth-order valence-electron chi connectivity index (χ4n) is 2.05. The summed E-state index contributed by atoms with van der Waals surface area (Å²) in [7, 11) is -1.60. The fourth-order valence-corrected chi connectivity index (χ4v) is 2.53. The van der Waals surface area contributed by atoms with E-state index in [9.17, 15) is 13.2 Å². The van der Waals surface area contributed by atoms with Crippen LogP contribution in [0.2, 0.25) is 0 Å². The molecular weight excluding hydrogens is 240 g/mol. The molecule has 1 rings (SSSR count). The molecule has 1 saturated heterocycles. The van der Waals surface area contributed by atoms with Crippen LogP contribution in [0, 0.1) is 5.92 Å². The molecule has 0 saturated carbocycles. The van der Waals surface area contributed by atoms with Crippen molar-refractivity contribution in [1.29, 1.82) is 0 Å². The Hall–Kier alpha value is -0.620. The summed E-state index contributed by atoms with van der Waals surface area (Å²) in [5.74, 6) is 0.214. The molecule has 0 bridgehead atoms. The zero-order valence-electron chi connectivity index (χ0n) is 11.2. The van der Waals surface area contributed by atoms with Crippen LogP contribution in [-0.2, 0) is 14.8 Å². The Labute approximate surface area is 104 Å². The number of hydrogen-bond acceptors (Lipinski definition) is 3. The van der Waals surface area contributed by atoms with E-state index in [0.29, 0.717) is 19.5 Å². The molecule has 0 N–H and O–H groups in total. The van der Waals surface area contributed by atoms with Gasteiger partial charge < -0.3 is 4.90 Å². The van der Waals surface area contributed by atoms with Gasteiger partial charge >= 0.3 is 0 Å². The van der Waals surface area contributed by atoms with Crippen LogP contribution in [0.25, 0.3) is 0 Å². The van der Waals surface area contributed by atoms with Gasteiger partial charge in [-0.3, -0.25) is 4.79 Å². The molecule has 1 fully saturated rings. The smallest absolute Gasteiger partial charge is 0.223 e. The molecule has 1 aliphatic rings. The first-order valence-corrected chi connectivity index (χ1v) is 7.58. The van der Waals surface area contributed by atoms with E-state index in [2.05, 4.69) is 0 Å². The minimum absolute atomic E-state index is 0.0986. The number of hydrogen-bond donors (Lipinski definition) is 0. The molecule has 1 amide bonds. The van der Waals surface area contributed by atoms with E-state index in [1.807, 2.05) is 25.7 Å². The van der Waals surface area contributed by atoms with E-state index in [4.69, 9.17) is 0 Å². The molecule has 0 spiro atoms. The van der Waals surface area contributed by atoms with E-state index in [1.165, 1.54) is 10.6 Å². The first-order chi connectivity index (χ1) is 7.51. The van der Waals surface area contributed by atoms with Crippen molar-refractivity contribution in [2.45, 2.75) is 32.7 Å². The van der Waals surface area contributed by atoms with Gasteiger partial charge in [-0.05, 0) is 26.7 Å². The van der Waals surface area contributed by atoms with Crippen LogP contribution in [0.3, 0.4) is 0 Å². The number of carbonyl (C=O) groups excluding carboxylic acids is 1. The summed E-state index contributed by atoms with van der Waals surface area (Å²) in [6.45, 7) is 7.04. The summed E-state index contributed by atoms with van der Waals surface area (Å²) in [5.41, 5.74) is -0.185. The molecule has 17 heavy (non-hydrogen) atoms. The molecule has 1 atom stereocenters. The lowest BCUT2D eigenvalue weighted by atomic mass is 10.1. The highest BCUT2D eigenvalue weighted by molar-refractivity contribution is 7.88. The summed E-state index contributed by atoms with van der Waals surface area (Å²) < 4.78 is 23.9. The highest BCUT2D eigenvalue weighted by Crippen LogP contribution is 2.26. The van der Waals surface area contributed by atoms with Crippen molar-refractivity contribution in [2.75, 3.05) is 26.4 Å². The van der Waals surface area contributed by atoms with Gasteiger partial charge in [0.25, 0.3) is 0 Å². The van der Waals surface area contributed by atoms with Gasteiger partial charge in [-0.1, -0.05) is 0 Å². The Morgan fingerprint density at radius 1 is 1.41 bits per heavy atom. The van der Waals surface area contributed by atoms with Gasteiger partial charge in [0.15, 0.2) is 0 Å². The molecular formula is C11H22N2O3S. The standard InChI is InChI=1S/C11H22N2O3S/c1-11(2,3)13-8-9(6-10(13)14)7-12(4)17(5,15)16/h9H,6-8H2,1-5H3/t9-/m0/s1. The number of sulfonamides is 1. The topological polar surface area (TPSA) is 57.7 Å². The maximum Gasteiger partial charge on any atom is 0.223 e. The third-order valence-corrected chi connectivity index (χ3v) is 4.38. The molecule has 1 heterocycles. The molecule has 0 aromatic rings. The monoisotopic (exact) mass is 262 g/mol. The van der Waals surface area contributed by atoms with Crippen LogP contribution in [0.4, 0.5) is 0 Å². The van der Waals surface area contributed by atoms with Crippen molar-refractivity contribution in [3.8, 4) is 0 Å². The van der Waals surface area contributed by atoms with Crippen molar-refractivity contribution in [2.24, 2.45) is 5.92 Å². The molecule has 5 nitrogen and oxygen atoms in total. The SMILES string of the molecule is CN(C[C@@H]1CC(=O)N(C(C)(C)C)C1)S(C)(=O)=O. The van der Waals surface area contributed by atoms with E-state index >= 15 is 0 Å². The summed E-state index contributed by atoms with van der Waals surface area (Å²) in [6, 6.07) is 0. The molecule has 6 heteroatoms. The lowest BCUT2D eigenvalue weighted by Gasteiger charge is -2.32. The zero-order chi connectivity index (χ0) is 13.4. The van der Waals surface area contributed by atoms with Crippen LogP contribution in [0.15, 0.2) is 0 Å². The maximum absolute atomic E-state index is 11.8. The fraction of sp³-hybridized carbons (Fsp3) is 0.909. The van der Waals surface area contributed by atoms with E-state index in [-0.39, 0.29) is 17.4 Å². The van der Waals surface area contributed by atoms with Gasteiger partial charge in [0.2, 0.25) is 15.9 Å². The first-order valence-electron chi connectivity index (χ1n) is 5.73. The predicted molar refractivity (Wildman–Crippen MR) is 67.0 cm³/mol. The van der Waals surface area contributed by atoms with Gasteiger partial charge in [0.05, 0.1) is 6.26 Å². The normalized spacial score (nSPS) is 22.6. The average Bonchev–Trinajstić information content (AvgIpc) is 2.44. The molecule has 0 aromatic carbocycles. The molecule has 1 aliphatic heterocycles. The summed E-state index contributed by atoms with van der Waals surface area (Å²) >= 11 is 0. The Balaban J connectivity index is 2.65. The Morgan fingerprint density at radius 3 is 2.29 bits per heavy atom. The van der Waals surface area contributed by atoms with E-state index in [0.717, 1.165) is 0 Å². The van der Waals surface area contributed by atoms with E-state index < -0.39 is 10.0 Å². The van der Waals surface area contributed by atoms with Crippen molar-refractivity contribution >= 4 is 15.9 Å². The third-order valence-electron chi connectivity index (χ3n) is 3.10. The number of nitrogens with zero attached hydrogens (tertiary/aromatic N) is 2. The van der Waals surface area contributed by atoms with Crippen molar-refractivity contribution in [1.82, 2.24) is 9.21 Å². The zero-order valence-corrected chi connectivity index (χ0v) is 12.0. The Bertz CT molecular complexity index is 397. The van der Waals surface area contributed by atoms with E-state index in [1.54, 1.807) is 7.05 Å². The largest absolute Gasteiger partial charge is 0.338 e. The van der Waals surface area contributed by atoms with Crippen molar-refractivity contribution < 1.29 is 13.2 Å². The number of likely N-dealkylation sites (tertiary alicyclic amines) is 1. The van der Waals surface area contributed by atoms with Crippen LogP contribution < -0.4 is 0 Å². The quantitative estimate of drug-likeness (QED) is 0.745. The van der Waals surface area contributed by atoms with Gasteiger partial charge in [-0.2, -0.15) is 0 Å². The summed E-state index contributed by atoms with van der Waals surface area (Å²) in [4.78, 5) is 13.6. The minimum atomic E-state index is -3.16. The van der Waals surface area contributed by atoms with Gasteiger partial charge in [0, 0.05) is 32.1 Å². The summed E-state index contributed by atoms with van der Waals surface area (Å²) in [5, 5.41) is 0. The molecule has 0 unspecified atom stereocenters. The van der Waals surface area contributed by atoms with Gasteiger partial charge in [-0.25, -0.2) is 12.7 Å². The lowest BCUT2D eigenvalue weighted by Crippen LogP contribution is -2.42. The maximum atomic E-state index is 11.8. The Kier molecular flexibility index (Phi) is 3.88. The second-order valence-electron chi connectivity index (χ2n) is 5.79. The highest BCUT2D eigenvalue weighted by atomic mass is 32.2. The third kappa shape index (κ3) is 3.67. The molecule has 0 aliphatic carbocycles. The number of rotatable bonds is 3. The average molecular weight is 262 g/mol. The van der Waals surface area contributed by atoms with Crippen LogP contribution in [0.5, 0.6) is 0 Å². The first kappa shape index (κ1) is 14.4. The number of amides is 1. The molecule has 0 aromatic heterocycles. The molecule has 100 valence electrons. The van der Waals surface area contributed by atoms with Crippen LogP contribution in [-0.4, -0.2) is 55.5 Å². The van der Waals surface area contributed by atoms with Crippen molar-refractivity contribution in [3.63, 3.8) is 0 Å². The highest BCUT2D eigenvalue weighted by Gasteiger charge is 2.37. The van der Waals surface area contributed by atoms with Gasteiger partial charge in [0.1, 0.15) is 0 Å². The second-order valence-corrected chi connectivity index (χ2v) is 7.88.